The molecule has 2 aliphatic rings. The second-order valence-electron chi connectivity index (χ2n) is 28.3. The summed E-state index contributed by atoms with van der Waals surface area (Å²) in [4.78, 5) is 0. The molecule has 502 valence electrons. The van der Waals surface area contributed by atoms with Gasteiger partial charge in [-0.25, -0.2) is 8.78 Å². The molecule has 0 bridgehead atoms. The maximum atomic E-state index is 20.0. The van der Waals surface area contributed by atoms with Crippen molar-refractivity contribution >= 4 is 70.7 Å². The fourth-order valence-electron chi connectivity index (χ4n) is 16.3. The number of benzene rings is 3. The fourth-order valence-corrected chi connectivity index (χ4v) is 17.4. The van der Waals surface area contributed by atoms with Crippen LogP contribution in [0.5, 0.6) is 0 Å². The Hall–Kier alpha value is -2.87. The Labute approximate surface area is 554 Å². The summed E-state index contributed by atoms with van der Waals surface area (Å²) < 4.78 is 59.2. The van der Waals surface area contributed by atoms with Crippen LogP contribution in [0.25, 0.3) is 44.3 Å². The van der Waals surface area contributed by atoms with Gasteiger partial charge in [0.1, 0.15) is 33.7 Å². The van der Waals surface area contributed by atoms with E-state index in [0.29, 0.717) is 70.0 Å². The molecule has 0 amide bonds. The van der Waals surface area contributed by atoms with Crippen molar-refractivity contribution in [3.8, 4) is 22.3 Å². The lowest BCUT2D eigenvalue weighted by Gasteiger charge is -2.35. The lowest BCUT2D eigenvalue weighted by molar-refractivity contribution is 0.374. The van der Waals surface area contributed by atoms with Crippen LogP contribution in [0.1, 0.15) is 384 Å². The molecule has 2 aromatic heterocycles. The highest BCUT2D eigenvalue weighted by molar-refractivity contribution is 7.00. The van der Waals surface area contributed by atoms with E-state index in [0.717, 1.165) is 137 Å². The zero-order valence-electron chi connectivity index (χ0n) is 57.2. The highest BCUT2D eigenvalue weighted by Crippen LogP contribution is 2.65. The van der Waals surface area contributed by atoms with Crippen molar-refractivity contribution in [1.29, 1.82) is 0 Å². The molecule has 7 rings (SSSR count). The van der Waals surface area contributed by atoms with E-state index < -0.39 is 36.7 Å². The molecule has 2 aliphatic carbocycles. The van der Waals surface area contributed by atoms with Gasteiger partial charge in [0.25, 0.3) is 0 Å². The molecule has 3 aromatic carbocycles. The maximum Gasteiger partial charge on any atom is 0.490 e. The summed E-state index contributed by atoms with van der Waals surface area (Å²) in [7, 11) is -3.71. The first-order valence-electron chi connectivity index (χ1n) is 38.0. The highest BCUT2D eigenvalue weighted by atomic mass is 32.1. The van der Waals surface area contributed by atoms with Crippen molar-refractivity contribution in [3.63, 3.8) is 0 Å². The van der Waals surface area contributed by atoms with Crippen molar-refractivity contribution in [2.75, 3.05) is 0 Å². The van der Waals surface area contributed by atoms with Crippen molar-refractivity contribution in [1.82, 2.24) is 17.5 Å². The third-order valence-corrected chi connectivity index (χ3v) is 22.4. The van der Waals surface area contributed by atoms with Crippen LogP contribution in [0, 0.1) is 11.6 Å². The topological polar surface area (TPSA) is 132 Å². The number of rotatable bonds is 54. The van der Waals surface area contributed by atoms with Gasteiger partial charge in [-0.2, -0.15) is 17.5 Å². The van der Waals surface area contributed by atoms with Crippen LogP contribution in [0.2, 0.25) is 0 Å². The Bertz CT molecular complexity index is 2580. The minimum absolute atomic E-state index is 0.233. The quantitative estimate of drug-likeness (QED) is 0.0224. The number of fused-ring (bicyclic) bond motifs is 10. The van der Waals surface area contributed by atoms with Crippen LogP contribution in [-0.4, -0.2) is 51.8 Å². The second kappa shape index (κ2) is 41.2. The van der Waals surface area contributed by atoms with Gasteiger partial charge in [0.15, 0.2) is 0 Å². The highest BCUT2D eigenvalue weighted by Gasteiger charge is 2.55. The van der Waals surface area contributed by atoms with Crippen molar-refractivity contribution in [3.05, 3.63) is 46.0 Å². The van der Waals surface area contributed by atoms with Gasteiger partial charge in [-0.1, -0.05) is 348 Å². The molecule has 0 saturated carbocycles. The normalized spacial score (nSPS) is 13.7. The Morgan fingerprint density at radius 3 is 0.711 bits per heavy atom. The first kappa shape index (κ1) is 74.5. The van der Waals surface area contributed by atoms with Gasteiger partial charge in [0.2, 0.25) is 0 Å². The Balaban J connectivity index is 1.29. The number of unbranched alkanes of at least 4 members (excludes halogenated alkanes) is 44. The zero-order chi connectivity index (χ0) is 63.8. The average Bonchev–Trinajstić information content (AvgIpc) is 1.50. The first-order chi connectivity index (χ1) is 44.1. The summed E-state index contributed by atoms with van der Waals surface area (Å²) in [5.74, 6) is -0.839. The first-order valence-corrected chi connectivity index (χ1v) is 39.5. The van der Waals surface area contributed by atoms with E-state index in [4.69, 9.17) is 8.75 Å². The number of aromatic nitrogens is 4. The van der Waals surface area contributed by atoms with Gasteiger partial charge in [-0.15, -0.1) is 0 Å². The fraction of sp³-hybridized carbons (Fsp3) is 0.763. The molecule has 2 heterocycles. The van der Waals surface area contributed by atoms with Gasteiger partial charge >= 0.3 is 14.2 Å². The van der Waals surface area contributed by atoms with Gasteiger partial charge in [-0.3, -0.25) is 0 Å². The molecule has 0 spiro atoms. The molecule has 4 N–H and O–H groups in total. The number of hydrogen-bond donors (Lipinski definition) is 4. The van der Waals surface area contributed by atoms with Gasteiger partial charge in [0, 0.05) is 55.1 Å². The van der Waals surface area contributed by atoms with Crippen LogP contribution in [0.15, 0.2) is 12.1 Å². The van der Waals surface area contributed by atoms with E-state index in [1.165, 1.54) is 205 Å². The third kappa shape index (κ3) is 20.1. The minimum atomic E-state index is -1.85. The summed E-state index contributed by atoms with van der Waals surface area (Å²) >= 11 is 1.96. The van der Waals surface area contributed by atoms with Gasteiger partial charge < -0.3 is 20.1 Å². The molecule has 0 aliphatic heterocycles. The Kier molecular flexibility index (Phi) is 34.1. The molecule has 0 fully saturated rings. The summed E-state index contributed by atoms with van der Waals surface area (Å²) in [5, 5.41) is 44.9. The Morgan fingerprint density at radius 2 is 0.500 bits per heavy atom. The molecular weight excluding hydrogens is 1160 g/mol. The third-order valence-electron chi connectivity index (χ3n) is 21.4. The molecular formula is C76H122B2F2N4O4S2. The summed E-state index contributed by atoms with van der Waals surface area (Å²) in [5.41, 5.74) is 3.84. The van der Waals surface area contributed by atoms with Crippen molar-refractivity contribution in [2.24, 2.45) is 0 Å². The average molecular weight is 1280 g/mol. The molecule has 0 atom stereocenters. The van der Waals surface area contributed by atoms with E-state index in [1.54, 1.807) is 0 Å². The maximum absolute atomic E-state index is 20.0. The van der Waals surface area contributed by atoms with Crippen molar-refractivity contribution in [2.45, 2.75) is 372 Å². The monoisotopic (exact) mass is 1280 g/mol. The number of halogens is 2. The van der Waals surface area contributed by atoms with Crippen LogP contribution in [0.4, 0.5) is 8.78 Å². The Morgan fingerprint density at radius 1 is 0.300 bits per heavy atom. The smallest absolute Gasteiger partial charge is 0.423 e. The predicted molar refractivity (Wildman–Crippen MR) is 383 cm³/mol. The van der Waals surface area contributed by atoms with Crippen LogP contribution in [0.3, 0.4) is 0 Å². The molecule has 0 radical (unpaired) electrons. The largest absolute Gasteiger partial charge is 0.490 e. The summed E-state index contributed by atoms with van der Waals surface area (Å²) in [6, 6.07) is 3.71. The lowest BCUT2D eigenvalue weighted by atomic mass is 9.67. The van der Waals surface area contributed by atoms with Crippen LogP contribution >= 0.6 is 23.5 Å². The van der Waals surface area contributed by atoms with E-state index in [2.05, 4.69) is 36.4 Å². The molecule has 0 unspecified atom stereocenters. The summed E-state index contributed by atoms with van der Waals surface area (Å²) in [6.45, 7) is 9.07. The van der Waals surface area contributed by atoms with Gasteiger partial charge in [-0.05, 0) is 36.8 Å². The van der Waals surface area contributed by atoms with E-state index in [-0.39, 0.29) is 22.1 Å². The molecule has 8 nitrogen and oxygen atoms in total. The standard InChI is InChI=1S/C76H122B2F2N4O4S2/c1-5-9-13-17-21-25-29-33-37-41-45-49-53-75(54-50-46-42-38-34-30-26-22-18-14-10-6-2)59-57-61(77(85)86)71-73(83-89-81-71)63(59)65-67(75)69(79)66-64-60(58-62(78(87)88)72-74(64)84-90-82-72)76(68(66)70(65)80,55-51-47-43-39-35-31-27-23-19-15-11-7-3)56-52-48-44-40-36-32-28-24-20-16-12-8-4/h57-58,85-88H,5-56H2,1-4H3. The van der Waals surface area contributed by atoms with E-state index in [1.807, 2.05) is 12.1 Å². The molecule has 90 heavy (non-hydrogen) atoms. The second-order valence-corrected chi connectivity index (χ2v) is 29.4. The minimum Gasteiger partial charge on any atom is -0.423 e. The number of nitrogens with zero attached hydrogens (tertiary/aromatic N) is 4. The summed E-state index contributed by atoms with van der Waals surface area (Å²) in [6.07, 6.45) is 59.4. The molecule has 5 aromatic rings. The number of hydrogen-bond acceptors (Lipinski definition) is 10. The van der Waals surface area contributed by atoms with Crippen LogP contribution < -0.4 is 10.9 Å². The van der Waals surface area contributed by atoms with Crippen LogP contribution in [-0.2, 0) is 10.8 Å². The SMILES string of the molecule is CCCCCCCCCCCCCCC1(CCCCCCCCCCCCCC)c2cc(B(O)O)c3nsnc3c2-c2c(F)c3c(c(F)c21)-c1c(cc(B(O)O)c2nsnc12)C3(CCCCCCCCCCCCCC)CCCCCCCCCCCCCC. The van der Waals surface area contributed by atoms with E-state index >= 15 is 8.78 Å². The lowest BCUT2D eigenvalue weighted by Crippen LogP contribution is -2.34. The zero-order valence-corrected chi connectivity index (χ0v) is 58.9. The predicted octanol–water partition coefficient (Wildman–Crippen LogP) is 22.2. The van der Waals surface area contributed by atoms with Gasteiger partial charge in [0.05, 0.1) is 23.5 Å². The molecule has 14 heteroatoms. The molecule has 0 saturated heterocycles. The van der Waals surface area contributed by atoms with E-state index in [9.17, 15) is 20.1 Å². The van der Waals surface area contributed by atoms with Crippen molar-refractivity contribution < 1.29 is 28.9 Å².